The van der Waals surface area contributed by atoms with Crippen LogP contribution in [0.1, 0.15) is 6.92 Å². The number of aliphatic hydroxyl groups excluding tert-OH is 2. The fourth-order valence-corrected chi connectivity index (χ4v) is 0.917. The molecule has 0 unspecified atom stereocenters. The molecule has 80 valence electrons. The molecule has 2 N–H and O–H groups in total. The molecule has 4 heteroatoms. The highest BCUT2D eigenvalue weighted by Gasteiger charge is 2.13. The molecule has 1 atom stereocenters. The molecular formula is C11H12O4. The number of carbonyl (C=O) groups excluding carboxylic acids is 1. The van der Waals surface area contributed by atoms with Gasteiger partial charge in [-0.1, -0.05) is 11.8 Å². The van der Waals surface area contributed by atoms with Crippen molar-refractivity contribution in [1.82, 2.24) is 0 Å². The zero-order chi connectivity index (χ0) is 11.3. The number of rotatable bonds is 2. The Balaban J connectivity index is 2.83. The smallest absolute Gasteiger partial charge is 0.336 e. The molecule has 1 aliphatic rings. The van der Waals surface area contributed by atoms with Gasteiger partial charge in [0.2, 0.25) is 0 Å². The summed E-state index contributed by atoms with van der Waals surface area (Å²) >= 11 is 0. The van der Waals surface area contributed by atoms with Crippen LogP contribution in [0.4, 0.5) is 0 Å². The third-order valence-corrected chi connectivity index (χ3v) is 1.78. The van der Waals surface area contributed by atoms with Crippen molar-refractivity contribution in [2.24, 2.45) is 5.92 Å². The zero-order valence-corrected chi connectivity index (χ0v) is 8.36. The van der Waals surface area contributed by atoms with E-state index in [2.05, 4.69) is 11.8 Å². The molecule has 0 aromatic carbocycles. The molecule has 0 amide bonds. The first-order valence-electron chi connectivity index (χ1n) is 4.53. The summed E-state index contributed by atoms with van der Waals surface area (Å²) in [6.45, 7) is 1.41. The first kappa shape index (κ1) is 11.5. The molecule has 1 aliphatic heterocycles. The van der Waals surface area contributed by atoms with E-state index in [0.717, 1.165) is 0 Å². The molecule has 0 fully saturated rings. The van der Waals surface area contributed by atoms with E-state index < -0.39 is 5.97 Å². The van der Waals surface area contributed by atoms with Crippen LogP contribution in [0.5, 0.6) is 0 Å². The summed E-state index contributed by atoms with van der Waals surface area (Å²) in [4.78, 5) is 10.8. The van der Waals surface area contributed by atoms with E-state index in [1.54, 1.807) is 6.92 Å². The van der Waals surface area contributed by atoms with Gasteiger partial charge in [0.05, 0.1) is 18.8 Å². The lowest BCUT2D eigenvalue weighted by Gasteiger charge is -2.00. The molecule has 0 aromatic rings. The van der Waals surface area contributed by atoms with E-state index in [0.29, 0.717) is 5.57 Å². The van der Waals surface area contributed by atoms with Gasteiger partial charge < -0.3 is 14.9 Å². The maximum absolute atomic E-state index is 10.8. The number of carbonyl (C=O) groups is 1. The van der Waals surface area contributed by atoms with Crippen molar-refractivity contribution in [3.05, 3.63) is 23.5 Å². The van der Waals surface area contributed by atoms with Crippen LogP contribution in [0.2, 0.25) is 0 Å². The lowest BCUT2D eigenvalue weighted by Crippen LogP contribution is -1.99. The van der Waals surface area contributed by atoms with Crippen LogP contribution < -0.4 is 0 Å². The van der Waals surface area contributed by atoms with Crippen LogP contribution in [-0.4, -0.2) is 29.4 Å². The molecule has 0 aromatic heterocycles. The molecule has 0 bridgehead atoms. The Morgan fingerprint density at radius 1 is 1.53 bits per heavy atom. The number of hydrogen-bond donors (Lipinski definition) is 2. The van der Waals surface area contributed by atoms with Crippen LogP contribution in [-0.2, 0) is 9.53 Å². The Bertz CT molecular complexity index is 368. The van der Waals surface area contributed by atoms with Crippen LogP contribution in [0, 0.1) is 17.8 Å². The third kappa shape index (κ3) is 3.24. The highest BCUT2D eigenvalue weighted by Crippen LogP contribution is 2.13. The molecule has 1 heterocycles. The molecule has 0 radical (unpaired) electrons. The Morgan fingerprint density at radius 2 is 2.27 bits per heavy atom. The fraction of sp³-hybridized carbons (Fsp3) is 0.364. The zero-order valence-electron chi connectivity index (χ0n) is 8.36. The second-order valence-corrected chi connectivity index (χ2v) is 3.11. The minimum absolute atomic E-state index is 0.0450. The quantitative estimate of drug-likeness (QED) is 0.494. The van der Waals surface area contributed by atoms with Crippen LogP contribution in [0.15, 0.2) is 23.5 Å². The van der Waals surface area contributed by atoms with Gasteiger partial charge in [0.15, 0.2) is 0 Å². The molecule has 0 saturated heterocycles. The third-order valence-electron chi connectivity index (χ3n) is 1.78. The van der Waals surface area contributed by atoms with Gasteiger partial charge in [0, 0.05) is 12.0 Å². The molecule has 0 saturated carbocycles. The summed E-state index contributed by atoms with van der Waals surface area (Å²) in [7, 11) is 0. The molecule has 0 aliphatic carbocycles. The van der Waals surface area contributed by atoms with E-state index in [9.17, 15) is 4.79 Å². The van der Waals surface area contributed by atoms with Crippen molar-refractivity contribution in [2.75, 3.05) is 13.2 Å². The van der Waals surface area contributed by atoms with Crippen LogP contribution in [0.25, 0.3) is 0 Å². The number of cyclic esters (lactones) is 1. The highest BCUT2D eigenvalue weighted by atomic mass is 16.5. The van der Waals surface area contributed by atoms with Crippen molar-refractivity contribution in [2.45, 2.75) is 6.92 Å². The second kappa shape index (κ2) is 5.35. The minimum Gasteiger partial charge on any atom is -0.422 e. The van der Waals surface area contributed by atoms with E-state index in [1.807, 2.05) is 0 Å². The van der Waals surface area contributed by atoms with Crippen molar-refractivity contribution in [3.8, 4) is 11.8 Å². The largest absolute Gasteiger partial charge is 0.422 e. The van der Waals surface area contributed by atoms with E-state index in [4.69, 9.17) is 14.9 Å². The summed E-state index contributed by atoms with van der Waals surface area (Å²) in [5.74, 6) is 5.05. The molecule has 1 rings (SSSR count). The van der Waals surface area contributed by atoms with Gasteiger partial charge >= 0.3 is 5.97 Å². The van der Waals surface area contributed by atoms with Gasteiger partial charge in [-0.2, -0.15) is 0 Å². The Labute approximate surface area is 87.9 Å². The Kier molecular flexibility index (Phi) is 4.10. The molecule has 0 spiro atoms. The lowest BCUT2D eigenvalue weighted by atomic mass is 10.1. The Morgan fingerprint density at radius 3 is 2.73 bits per heavy atom. The Hall–Kier alpha value is -1.57. The lowest BCUT2D eigenvalue weighted by molar-refractivity contribution is -0.132. The monoisotopic (exact) mass is 208 g/mol. The molecule has 4 nitrogen and oxygen atoms in total. The summed E-state index contributed by atoms with van der Waals surface area (Å²) in [6.07, 6.45) is 2.73. The summed E-state index contributed by atoms with van der Waals surface area (Å²) in [5, 5.41) is 17.8. The topological polar surface area (TPSA) is 66.8 Å². The maximum atomic E-state index is 10.8. The summed E-state index contributed by atoms with van der Waals surface area (Å²) in [5.41, 5.74) is 0.345. The first-order valence-corrected chi connectivity index (χ1v) is 4.53. The average molecular weight is 208 g/mol. The van der Waals surface area contributed by atoms with Gasteiger partial charge in [0.25, 0.3) is 0 Å². The predicted molar refractivity (Wildman–Crippen MR) is 53.4 cm³/mol. The van der Waals surface area contributed by atoms with E-state index in [-0.39, 0.29) is 24.9 Å². The van der Waals surface area contributed by atoms with Gasteiger partial charge in [0.1, 0.15) is 5.76 Å². The maximum Gasteiger partial charge on any atom is 0.336 e. The average Bonchev–Trinajstić information content (AvgIpc) is 2.65. The number of aliphatic hydroxyl groups is 2. The first-order chi connectivity index (χ1) is 7.17. The van der Waals surface area contributed by atoms with E-state index in [1.165, 1.54) is 12.2 Å². The predicted octanol–water partition coefficient (Wildman–Crippen LogP) is -0.0224. The molecule has 15 heavy (non-hydrogen) atoms. The van der Waals surface area contributed by atoms with Crippen molar-refractivity contribution >= 4 is 5.97 Å². The molecular weight excluding hydrogens is 196 g/mol. The highest BCUT2D eigenvalue weighted by molar-refractivity contribution is 5.86. The second-order valence-electron chi connectivity index (χ2n) is 3.11. The van der Waals surface area contributed by atoms with Gasteiger partial charge in [-0.3, -0.25) is 0 Å². The van der Waals surface area contributed by atoms with E-state index >= 15 is 0 Å². The van der Waals surface area contributed by atoms with Crippen molar-refractivity contribution in [1.29, 1.82) is 0 Å². The van der Waals surface area contributed by atoms with Crippen LogP contribution in [0.3, 0.4) is 0 Å². The normalized spacial score (nSPS) is 19.3. The minimum atomic E-state index is -0.465. The van der Waals surface area contributed by atoms with Crippen LogP contribution >= 0.6 is 0 Å². The number of esters is 1. The fourth-order valence-electron chi connectivity index (χ4n) is 0.917. The van der Waals surface area contributed by atoms with Gasteiger partial charge in [-0.15, -0.1) is 0 Å². The number of ether oxygens (including phenoxy) is 1. The van der Waals surface area contributed by atoms with Crippen molar-refractivity contribution in [3.63, 3.8) is 0 Å². The van der Waals surface area contributed by atoms with Crippen molar-refractivity contribution < 1.29 is 19.7 Å². The van der Waals surface area contributed by atoms with Gasteiger partial charge in [-0.05, 0) is 13.0 Å². The standard InChI is InChI=1S/C11H12O4/c1-8(6-12)2-3-9(7-13)10-4-5-11(14)15-10/h4-5,8,12-13H,6-7H2,1H3/b10-9+/t8-/m1/s1. The van der Waals surface area contributed by atoms with Gasteiger partial charge in [-0.25, -0.2) is 4.79 Å². The number of allylic oxidation sites excluding steroid dienone is 1. The SMILES string of the molecule is C[C@H](C#C/C(CO)=C1/C=CC(=O)O1)CO. The number of hydrogen-bond acceptors (Lipinski definition) is 4. The summed E-state index contributed by atoms with van der Waals surface area (Å²) < 4.78 is 4.78. The summed E-state index contributed by atoms with van der Waals surface area (Å²) in [6, 6.07) is 0.